The predicted molar refractivity (Wildman–Crippen MR) is 63.5 cm³/mol. The first-order chi connectivity index (χ1) is 7.98. The standard InChI is InChI=1S/C9H16N4O3S/c1-17(14,15)7-8(10)16-13-9(7)12-6-3-2-4-11-5-6/h6,11H,2-5,10H2,1H3,(H,12,13). The van der Waals surface area contributed by atoms with Gasteiger partial charge in [-0.3, -0.25) is 0 Å². The van der Waals surface area contributed by atoms with Crippen LogP contribution in [0, 0.1) is 0 Å². The Morgan fingerprint density at radius 3 is 2.94 bits per heavy atom. The lowest BCUT2D eigenvalue weighted by Gasteiger charge is -2.23. The molecule has 1 aromatic rings. The van der Waals surface area contributed by atoms with Gasteiger partial charge in [0, 0.05) is 18.8 Å². The van der Waals surface area contributed by atoms with E-state index in [4.69, 9.17) is 10.3 Å². The van der Waals surface area contributed by atoms with Crippen LogP contribution in [0.25, 0.3) is 0 Å². The van der Waals surface area contributed by atoms with Gasteiger partial charge in [-0.1, -0.05) is 5.16 Å². The Hall–Kier alpha value is -1.28. The molecule has 0 amide bonds. The van der Waals surface area contributed by atoms with Crippen molar-refractivity contribution in [3.8, 4) is 0 Å². The first kappa shape index (κ1) is 12.2. The molecule has 8 heteroatoms. The first-order valence-corrected chi connectivity index (χ1v) is 7.30. The van der Waals surface area contributed by atoms with E-state index < -0.39 is 9.84 Å². The Kier molecular flexibility index (Phi) is 3.25. The molecule has 1 aliphatic rings. The van der Waals surface area contributed by atoms with Crippen LogP contribution in [-0.2, 0) is 9.84 Å². The molecular weight excluding hydrogens is 244 g/mol. The van der Waals surface area contributed by atoms with Crippen LogP contribution in [0.1, 0.15) is 12.8 Å². The van der Waals surface area contributed by atoms with Crippen molar-refractivity contribution < 1.29 is 12.9 Å². The Labute approximate surface area is 99.6 Å². The number of aromatic nitrogens is 1. The number of anilines is 2. The van der Waals surface area contributed by atoms with E-state index in [0.717, 1.165) is 32.2 Å². The molecule has 0 aromatic carbocycles. The maximum Gasteiger partial charge on any atom is 0.243 e. The fraction of sp³-hybridized carbons (Fsp3) is 0.667. The number of hydrogen-bond acceptors (Lipinski definition) is 7. The fourth-order valence-corrected chi connectivity index (χ4v) is 2.76. The quantitative estimate of drug-likeness (QED) is 0.691. The average molecular weight is 260 g/mol. The molecule has 17 heavy (non-hydrogen) atoms. The Morgan fingerprint density at radius 1 is 1.59 bits per heavy atom. The molecule has 0 aliphatic carbocycles. The number of nitrogens with one attached hydrogen (secondary N) is 2. The van der Waals surface area contributed by atoms with Gasteiger partial charge in [-0.2, -0.15) is 0 Å². The summed E-state index contributed by atoms with van der Waals surface area (Å²) in [7, 11) is -3.44. The normalized spacial score (nSPS) is 21.4. The van der Waals surface area contributed by atoms with Crippen LogP contribution < -0.4 is 16.4 Å². The van der Waals surface area contributed by atoms with Crippen LogP contribution in [0.4, 0.5) is 11.7 Å². The van der Waals surface area contributed by atoms with Gasteiger partial charge in [-0.15, -0.1) is 0 Å². The van der Waals surface area contributed by atoms with Crippen LogP contribution in [-0.4, -0.2) is 39.0 Å². The molecule has 0 saturated carbocycles. The second kappa shape index (κ2) is 4.53. The molecule has 1 unspecified atom stereocenters. The third-order valence-electron chi connectivity index (χ3n) is 2.68. The van der Waals surface area contributed by atoms with Crippen molar-refractivity contribution in [2.45, 2.75) is 23.8 Å². The zero-order valence-electron chi connectivity index (χ0n) is 9.56. The number of nitrogens with zero attached hydrogens (tertiary/aromatic N) is 1. The van der Waals surface area contributed by atoms with E-state index in [0.29, 0.717) is 0 Å². The summed E-state index contributed by atoms with van der Waals surface area (Å²) in [5.74, 6) is 0.0393. The number of sulfone groups is 1. The molecule has 2 rings (SSSR count). The summed E-state index contributed by atoms with van der Waals surface area (Å²) in [6.45, 7) is 1.76. The minimum absolute atomic E-state index is 0.0527. The molecular formula is C9H16N4O3S. The highest BCUT2D eigenvalue weighted by molar-refractivity contribution is 7.91. The summed E-state index contributed by atoms with van der Waals surface area (Å²) in [4.78, 5) is -0.0527. The molecule has 1 aromatic heterocycles. The van der Waals surface area contributed by atoms with E-state index in [-0.39, 0.29) is 22.6 Å². The molecule has 1 saturated heterocycles. The number of nitrogens with two attached hydrogens (primary N) is 1. The third kappa shape index (κ3) is 2.70. The van der Waals surface area contributed by atoms with E-state index in [2.05, 4.69) is 15.8 Å². The Bertz CT molecular complexity index is 490. The summed E-state index contributed by atoms with van der Waals surface area (Å²) in [5.41, 5.74) is 5.47. The molecule has 4 N–H and O–H groups in total. The number of rotatable bonds is 3. The third-order valence-corrected chi connectivity index (χ3v) is 3.82. The summed E-state index contributed by atoms with van der Waals surface area (Å²) >= 11 is 0. The minimum Gasteiger partial charge on any atom is -0.366 e. The topological polar surface area (TPSA) is 110 Å². The highest BCUT2D eigenvalue weighted by atomic mass is 32.2. The fourth-order valence-electron chi connectivity index (χ4n) is 1.91. The largest absolute Gasteiger partial charge is 0.366 e. The lowest BCUT2D eigenvalue weighted by molar-refractivity contribution is 0.432. The monoisotopic (exact) mass is 260 g/mol. The van der Waals surface area contributed by atoms with Gasteiger partial charge in [-0.05, 0) is 19.4 Å². The Morgan fingerprint density at radius 2 is 2.35 bits per heavy atom. The summed E-state index contributed by atoms with van der Waals surface area (Å²) in [6.07, 6.45) is 3.09. The maximum atomic E-state index is 11.5. The Balaban J connectivity index is 2.21. The van der Waals surface area contributed by atoms with Crippen LogP contribution in [0.3, 0.4) is 0 Å². The van der Waals surface area contributed by atoms with Gasteiger partial charge in [0.25, 0.3) is 0 Å². The zero-order valence-corrected chi connectivity index (χ0v) is 10.4. The lowest BCUT2D eigenvalue weighted by Crippen LogP contribution is -2.38. The number of hydrogen-bond donors (Lipinski definition) is 3. The lowest BCUT2D eigenvalue weighted by atomic mass is 10.1. The van der Waals surface area contributed by atoms with Crippen molar-refractivity contribution in [1.29, 1.82) is 0 Å². The van der Waals surface area contributed by atoms with E-state index in [1.807, 2.05) is 0 Å². The van der Waals surface area contributed by atoms with Crippen molar-refractivity contribution in [3.05, 3.63) is 0 Å². The van der Waals surface area contributed by atoms with Gasteiger partial charge in [0.15, 0.2) is 20.6 Å². The molecule has 96 valence electrons. The molecule has 0 radical (unpaired) electrons. The van der Waals surface area contributed by atoms with Crippen LogP contribution >= 0.6 is 0 Å². The number of piperidine rings is 1. The van der Waals surface area contributed by atoms with E-state index in [1.165, 1.54) is 0 Å². The van der Waals surface area contributed by atoms with Crippen molar-refractivity contribution in [2.24, 2.45) is 0 Å². The maximum absolute atomic E-state index is 11.5. The highest BCUT2D eigenvalue weighted by Gasteiger charge is 2.25. The second-order valence-corrected chi connectivity index (χ2v) is 6.14. The molecule has 1 aliphatic heterocycles. The van der Waals surface area contributed by atoms with Gasteiger partial charge >= 0.3 is 0 Å². The van der Waals surface area contributed by atoms with Gasteiger partial charge < -0.3 is 20.9 Å². The minimum atomic E-state index is -3.44. The van der Waals surface area contributed by atoms with E-state index in [1.54, 1.807) is 0 Å². The number of nitrogen functional groups attached to an aromatic ring is 1. The smallest absolute Gasteiger partial charge is 0.243 e. The van der Waals surface area contributed by atoms with Crippen molar-refractivity contribution in [1.82, 2.24) is 10.5 Å². The molecule has 2 heterocycles. The van der Waals surface area contributed by atoms with Crippen LogP contribution in [0.15, 0.2) is 9.42 Å². The van der Waals surface area contributed by atoms with Gasteiger partial charge in [0.1, 0.15) is 0 Å². The van der Waals surface area contributed by atoms with Gasteiger partial charge in [0.05, 0.1) is 0 Å². The van der Waals surface area contributed by atoms with Crippen LogP contribution in [0.2, 0.25) is 0 Å². The van der Waals surface area contributed by atoms with Gasteiger partial charge in [0.2, 0.25) is 5.88 Å². The zero-order chi connectivity index (χ0) is 12.5. The van der Waals surface area contributed by atoms with Crippen LogP contribution in [0.5, 0.6) is 0 Å². The summed E-state index contributed by atoms with van der Waals surface area (Å²) < 4.78 is 27.8. The average Bonchev–Trinajstić information content (AvgIpc) is 2.60. The SMILES string of the molecule is CS(=O)(=O)c1c(NC2CCCNC2)noc1N. The molecule has 0 spiro atoms. The van der Waals surface area contributed by atoms with Crippen molar-refractivity contribution >= 4 is 21.5 Å². The predicted octanol–water partition coefficient (Wildman–Crippen LogP) is -0.176. The molecule has 1 fully saturated rings. The second-order valence-electron chi connectivity index (χ2n) is 4.18. The van der Waals surface area contributed by atoms with Crippen molar-refractivity contribution in [3.63, 3.8) is 0 Å². The highest BCUT2D eigenvalue weighted by Crippen LogP contribution is 2.27. The van der Waals surface area contributed by atoms with E-state index in [9.17, 15) is 8.42 Å². The summed E-state index contributed by atoms with van der Waals surface area (Å²) in [5, 5.41) is 9.93. The van der Waals surface area contributed by atoms with Gasteiger partial charge in [-0.25, -0.2) is 8.42 Å². The van der Waals surface area contributed by atoms with E-state index >= 15 is 0 Å². The summed E-state index contributed by atoms with van der Waals surface area (Å²) in [6, 6.07) is 0.147. The molecule has 0 bridgehead atoms. The van der Waals surface area contributed by atoms with Crippen molar-refractivity contribution in [2.75, 3.05) is 30.4 Å². The molecule has 7 nitrogen and oxygen atoms in total. The molecule has 1 atom stereocenters. The first-order valence-electron chi connectivity index (χ1n) is 5.41.